The van der Waals surface area contributed by atoms with Crippen LogP contribution in [0.2, 0.25) is 10.0 Å². The van der Waals surface area contributed by atoms with Crippen LogP contribution in [0.1, 0.15) is 16.8 Å². The van der Waals surface area contributed by atoms with Crippen molar-refractivity contribution in [2.75, 3.05) is 18.6 Å². The molecule has 0 saturated carbocycles. The molecule has 1 atom stereocenters. The average Bonchev–Trinajstić information content (AvgIpc) is 2.33. The molecule has 0 bridgehead atoms. The second-order valence-electron chi connectivity index (χ2n) is 3.76. The molecule has 0 heterocycles. The molecule has 2 N–H and O–H groups in total. The maximum absolute atomic E-state index is 12.0. The number of amides is 1. The molecule has 0 aliphatic carbocycles. The Morgan fingerprint density at radius 1 is 1.50 bits per heavy atom. The number of hydrogen-bond acceptors (Lipinski definition) is 3. The molecule has 0 aliphatic rings. The zero-order chi connectivity index (χ0) is 13.5. The van der Waals surface area contributed by atoms with Crippen LogP contribution in [0.3, 0.4) is 0 Å². The van der Waals surface area contributed by atoms with E-state index in [9.17, 15) is 4.79 Å². The zero-order valence-corrected chi connectivity index (χ0v) is 12.3. The van der Waals surface area contributed by atoms with Gasteiger partial charge in [-0.15, -0.1) is 0 Å². The highest BCUT2D eigenvalue weighted by molar-refractivity contribution is 7.98. The summed E-state index contributed by atoms with van der Waals surface area (Å²) < 4.78 is 0. The van der Waals surface area contributed by atoms with E-state index in [0.717, 1.165) is 5.75 Å². The number of aliphatic hydroxyl groups excluding tert-OH is 1. The van der Waals surface area contributed by atoms with E-state index in [-0.39, 0.29) is 18.6 Å². The summed E-state index contributed by atoms with van der Waals surface area (Å²) in [5.74, 6) is 0.472. The summed E-state index contributed by atoms with van der Waals surface area (Å²) in [4.78, 5) is 12.0. The molecule has 100 valence electrons. The van der Waals surface area contributed by atoms with Gasteiger partial charge in [-0.25, -0.2) is 0 Å². The van der Waals surface area contributed by atoms with Crippen molar-refractivity contribution in [2.24, 2.45) is 0 Å². The number of aliphatic hydroxyl groups is 1. The molecule has 18 heavy (non-hydrogen) atoms. The highest BCUT2D eigenvalue weighted by Gasteiger charge is 2.15. The molecule has 3 nitrogen and oxygen atoms in total. The van der Waals surface area contributed by atoms with Crippen molar-refractivity contribution in [1.29, 1.82) is 0 Å². The third-order valence-electron chi connectivity index (χ3n) is 2.35. The molecule has 0 aromatic heterocycles. The van der Waals surface area contributed by atoms with Crippen LogP contribution in [0.4, 0.5) is 0 Å². The Morgan fingerprint density at radius 3 is 2.83 bits per heavy atom. The number of halogens is 2. The molecular formula is C12H15Cl2NO2S. The van der Waals surface area contributed by atoms with E-state index in [4.69, 9.17) is 28.3 Å². The third-order valence-corrected chi connectivity index (χ3v) is 3.65. The molecular weight excluding hydrogens is 293 g/mol. The fraction of sp³-hybridized carbons (Fsp3) is 0.417. The summed E-state index contributed by atoms with van der Waals surface area (Å²) >= 11 is 13.4. The Balaban J connectivity index is 2.76. The largest absolute Gasteiger partial charge is 0.396 e. The number of hydrogen-bond donors (Lipinski definition) is 2. The van der Waals surface area contributed by atoms with Gasteiger partial charge in [-0.2, -0.15) is 11.8 Å². The van der Waals surface area contributed by atoms with Gasteiger partial charge in [0.1, 0.15) is 0 Å². The molecule has 1 amide bonds. The number of thioether (sulfide) groups is 1. The van der Waals surface area contributed by atoms with E-state index < -0.39 is 0 Å². The maximum Gasteiger partial charge on any atom is 0.253 e. The van der Waals surface area contributed by atoms with E-state index in [1.54, 1.807) is 23.9 Å². The number of benzene rings is 1. The van der Waals surface area contributed by atoms with Gasteiger partial charge in [-0.1, -0.05) is 23.2 Å². The smallest absolute Gasteiger partial charge is 0.253 e. The van der Waals surface area contributed by atoms with Crippen molar-refractivity contribution in [3.05, 3.63) is 33.8 Å². The van der Waals surface area contributed by atoms with E-state index >= 15 is 0 Å². The van der Waals surface area contributed by atoms with Crippen LogP contribution < -0.4 is 5.32 Å². The van der Waals surface area contributed by atoms with Crippen LogP contribution in [0.5, 0.6) is 0 Å². The number of carbonyl (C=O) groups excluding carboxylic acids is 1. The fourth-order valence-electron chi connectivity index (χ4n) is 1.49. The Labute approximate surface area is 121 Å². The van der Waals surface area contributed by atoms with Gasteiger partial charge >= 0.3 is 0 Å². The lowest BCUT2D eigenvalue weighted by atomic mass is 10.2. The summed E-state index contributed by atoms with van der Waals surface area (Å²) in [5, 5.41) is 12.6. The predicted molar refractivity (Wildman–Crippen MR) is 77.8 cm³/mol. The summed E-state index contributed by atoms with van der Waals surface area (Å²) in [6.45, 7) is 0.0365. The van der Waals surface area contributed by atoms with E-state index in [1.165, 1.54) is 6.07 Å². The summed E-state index contributed by atoms with van der Waals surface area (Å²) in [6.07, 6.45) is 2.47. The van der Waals surface area contributed by atoms with Gasteiger partial charge in [0.05, 0.1) is 10.6 Å². The van der Waals surface area contributed by atoms with E-state index in [0.29, 0.717) is 22.0 Å². The van der Waals surface area contributed by atoms with Crippen molar-refractivity contribution in [1.82, 2.24) is 5.32 Å². The quantitative estimate of drug-likeness (QED) is 0.849. The van der Waals surface area contributed by atoms with Crippen molar-refractivity contribution in [3.8, 4) is 0 Å². The van der Waals surface area contributed by atoms with Crippen molar-refractivity contribution in [2.45, 2.75) is 12.5 Å². The lowest BCUT2D eigenvalue weighted by Crippen LogP contribution is -2.37. The molecule has 1 unspecified atom stereocenters. The minimum atomic E-state index is -0.269. The molecule has 0 saturated heterocycles. The van der Waals surface area contributed by atoms with Gasteiger partial charge in [-0.3, -0.25) is 4.79 Å². The average molecular weight is 308 g/mol. The molecule has 1 aromatic rings. The van der Waals surface area contributed by atoms with Crippen LogP contribution >= 0.6 is 35.0 Å². The first-order valence-electron chi connectivity index (χ1n) is 5.44. The molecule has 0 spiro atoms. The van der Waals surface area contributed by atoms with Crippen LogP contribution in [-0.4, -0.2) is 35.7 Å². The maximum atomic E-state index is 12.0. The molecule has 1 aromatic carbocycles. The monoisotopic (exact) mass is 307 g/mol. The van der Waals surface area contributed by atoms with Crippen LogP contribution in [0.25, 0.3) is 0 Å². The Morgan fingerprint density at radius 2 is 2.22 bits per heavy atom. The first kappa shape index (κ1) is 15.6. The molecule has 0 aliphatic heterocycles. The summed E-state index contributed by atoms with van der Waals surface area (Å²) in [5.41, 5.74) is 0.355. The second-order valence-corrected chi connectivity index (χ2v) is 5.52. The predicted octanol–water partition coefficient (Wildman–Crippen LogP) is 2.84. The standard InChI is InChI=1S/C12H15Cl2NO2S/c1-18-7-9(4-5-16)15-12(17)10-6-8(13)2-3-11(10)14/h2-3,6,9,16H,4-5,7H2,1H3,(H,15,17). The van der Waals surface area contributed by atoms with Crippen molar-refractivity contribution >= 4 is 40.9 Å². The highest BCUT2D eigenvalue weighted by atomic mass is 35.5. The van der Waals surface area contributed by atoms with E-state index in [2.05, 4.69) is 5.32 Å². The highest BCUT2D eigenvalue weighted by Crippen LogP contribution is 2.20. The third kappa shape index (κ3) is 4.69. The number of carbonyl (C=O) groups is 1. The normalized spacial score (nSPS) is 12.2. The second kappa shape index (κ2) is 7.89. The lowest BCUT2D eigenvalue weighted by molar-refractivity contribution is 0.0935. The zero-order valence-electron chi connectivity index (χ0n) is 9.95. The fourth-order valence-corrected chi connectivity index (χ4v) is 2.52. The Hall–Kier alpha value is -0.420. The Kier molecular flexibility index (Phi) is 6.86. The van der Waals surface area contributed by atoms with Gasteiger partial charge in [0.2, 0.25) is 0 Å². The molecule has 1 rings (SSSR count). The molecule has 6 heteroatoms. The van der Waals surface area contributed by atoms with Crippen molar-refractivity contribution < 1.29 is 9.90 Å². The van der Waals surface area contributed by atoms with Crippen LogP contribution in [-0.2, 0) is 0 Å². The molecule has 0 fully saturated rings. The summed E-state index contributed by atoms with van der Waals surface area (Å²) in [7, 11) is 0. The minimum Gasteiger partial charge on any atom is -0.396 e. The van der Waals surface area contributed by atoms with Crippen LogP contribution in [0, 0.1) is 0 Å². The Bertz CT molecular complexity index is 409. The van der Waals surface area contributed by atoms with Crippen LogP contribution in [0.15, 0.2) is 18.2 Å². The molecule has 0 radical (unpaired) electrons. The van der Waals surface area contributed by atoms with E-state index in [1.807, 2.05) is 6.26 Å². The van der Waals surface area contributed by atoms with Gasteiger partial charge in [-0.05, 0) is 30.9 Å². The van der Waals surface area contributed by atoms with Gasteiger partial charge in [0.25, 0.3) is 5.91 Å². The van der Waals surface area contributed by atoms with Crippen molar-refractivity contribution in [3.63, 3.8) is 0 Å². The number of nitrogens with one attached hydrogen (secondary N) is 1. The van der Waals surface area contributed by atoms with Gasteiger partial charge in [0, 0.05) is 23.4 Å². The SMILES string of the molecule is CSCC(CCO)NC(=O)c1cc(Cl)ccc1Cl. The lowest BCUT2D eigenvalue weighted by Gasteiger charge is -2.17. The summed E-state index contributed by atoms with van der Waals surface area (Å²) in [6, 6.07) is 4.68. The first-order valence-corrected chi connectivity index (χ1v) is 7.59. The topological polar surface area (TPSA) is 49.3 Å². The first-order chi connectivity index (χ1) is 8.58. The minimum absolute atomic E-state index is 0.0365. The van der Waals surface area contributed by atoms with Gasteiger partial charge in [0.15, 0.2) is 0 Å². The number of rotatable bonds is 6. The van der Waals surface area contributed by atoms with Gasteiger partial charge < -0.3 is 10.4 Å².